The lowest BCUT2D eigenvalue weighted by molar-refractivity contribution is -0.116. The molecule has 3 nitrogen and oxygen atoms in total. The quantitative estimate of drug-likeness (QED) is 0.757. The van der Waals surface area contributed by atoms with Gasteiger partial charge >= 0.3 is 0 Å². The molecule has 110 valence electrons. The van der Waals surface area contributed by atoms with E-state index in [1.54, 1.807) is 12.1 Å². The minimum atomic E-state index is -0.0104. The number of hydrogen-bond donors (Lipinski definition) is 2. The van der Waals surface area contributed by atoms with Crippen molar-refractivity contribution in [2.24, 2.45) is 5.92 Å². The van der Waals surface area contributed by atoms with Crippen molar-refractivity contribution in [3.8, 4) is 0 Å². The van der Waals surface area contributed by atoms with E-state index in [1.165, 1.54) is 0 Å². The van der Waals surface area contributed by atoms with Crippen LogP contribution in [-0.2, 0) is 4.79 Å². The zero-order valence-corrected chi connectivity index (χ0v) is 14.1. The molecule has 0 unspecified atom stereocenters. The van der Waals surface area contributed by atoms with Gasteiger partial charge in [0.15, 0.2) is 0 Å². The van der Waals surface area contributed by atoms with Gasteiger partial charge in [0.25, 0.3) is 0 Å². The topological polar surface area (TPSA) is 41.1 Å². The first kappa shape index (κ1) is 16.1. The normalized spacial score (nSPS) is 16.1. The number of hydrogen-bond acceptors (Lipinski definition) is 2. The van der Waals surface area contributed by atoms with Gasteiger partial charge in [-0.2, -0.15) is 0 Å². The molecular weight excluding hydrogens is 363 g/mol. The highest BCUT2D eigenvalue weighted by atomic mass is 79.9. The van der Waals surface area contributed by atoms with Gasteiger partial charge in [-0.3, -0.25) is 4.79 Å². The number of carbonyl (C=O) groups is 1. The fourth-order valence-corrected chi connectivity index (χ4v) is 3.16. The van der Waals surface area contributed by atoms with Crippen molar-refractivity contribution in [1.29, 1.82) is 0 Å². The maximum atomic E-state index is 12.0. The van der Waals surface area contributed by atoms with Gasteiger partial charge in [0.05, 0.1) is 15.7 Å². The van der Waals surface area contributed by atoms with Gasteiger partial charge < -0.3 is 10.6 Å². The SMILES string of the molecule is O=C(CCC1CCNCC1)Nc1ccc(Br)c(Cl)c1Cl. The highest BCUT2D eigenvalue weighted by molar-refractivity contribution is 9.10. The average molecular weight is 380 g/mol. The van der Waals surface area contributed by atoms with Crippen LogP contribution < -0.4 is 10.6 Å². The van der Waals surface area contributed by atoms with Crippen LogP contribution in [0.4, 0.5) is 5.69 Å². The summed E-state index contributed by atoms with van der Waals surface area (Å²) in [5, 5.41) is 6.94. The maximum absolute atomic E-state index is 12.0. The van der Waals surface area contributed by atoms with Gasteiger partial charge in [-0.1, -0.05) is 23.2 Å². The average Bonchev–Trinajstić information content (AvgIpc) is 2.47. The smallest absolute Gasteiger partial charge is 0.224 e. The minimum absolute atomic E-state index is 0.0104. The van der Waals surface area contributed by atoms with E-state index in [2.05, 4.69) is 26.6 Å². The van der Waals surface area contributed by atoms with E-state index in [0.29, 0.717) is 28.1 Å². The molecular formula is C14H17BrCl2N2O. The molecule has 6 heteroatoms. The summed E-state index contributed by atoms with van der Waals surface area (Å²) in [6.07, 6.45) is 3.75. The molecule has 2 N–H and O–H groups in total. The van der Waals surface area contributed by atoms with Crippen LogP contribution in [-0.4, -0.2) is 19.0 Å². The Morgan fingerprint density at radius 1 is 1.30 bits per heavy atom. The van der Waals surface area contributed by atoms with Crippen molar-refractivity contribution in [1.82, 2.24) is 5.32 Å². The molecule has 1 aromatic carbocycles. The van der Waals surface area contributed by atoms with Crippen LogP contribution >= 0.6 is 39.1 Å². The number of carbonyl (C=O) groups excluding carboxylic acids is 1. The Labute approximate surface area is 137 Å². The number of amides is 1. The third-order valence-electron chi connectivity index (χ3n) is 3.55. The van der Waals surface area contributed by atoms with Gasteiger partial charge in [-0.25, -0.2) is 0 Å². The lowest BCUT2D eigenvalue weighted by Crippen LogP contribution is -2.28. The molecule has 1 amide bonds. The van der Waals surface area contributed by atoms with Crippen LogP contribution in [0.25, 0.3) is 0 Å². The largest absolute Gasteiger partial charge is 0.325 e. The second-order valence-corrected chi connectivity index (χ2v) is 6.61. The van der Waals surface area contributed by atoms with E-state index in [9.17, 15) is 4.79 Å². The van der Waals surface area contributed by atoms with Crippen molar-refractivity contribution in [2.45, 2.75) is 25.7 Å². The molecule has 2 rings (SSSR count). The summed E-state index contributed by atoms with van der Waals surface area (Å²) in [6, 6.07) is 3.53. The van der Waals surface area contributed by atoms with Crippen LogP contribution in [0.1, 0.15) is 25.7 Å². The molecule has 1 saturated heterocycles. The highest BCUT2D eigenvalue weighted by Gasteiger charge is 2.15. The highest BCUT2D eigenvalue weighted by Crippen LogP contribution is 2.35. The number of piperidine rings is 1. The Morgan fingerprint density at radius 2 is 2.00 bits per heavy atom. The third kappa shape index (κ3) is 4.35. The zero-order chi connectivity index (χ0) is 14.5. The standard InChI is InChI=1S/C14H17BrCl2N2O/c15-10-2-3-11(14(17)13(10)16)19-12(20)4-1-9-5-7-18-8-6-9/h2-3,9,18H,1,4-8H2,(H,19,20). The number of nitrogens with one attached hydrogen (secondary N) is 2. The van der Waals surface area contributed by atoms with Crippen molar-refractivity contribution in [3.05, 3.63) is 26.7 Å². The van der Waals surface area contributed by atoms with Crippen molar-refractivity contribution in [3.63, 3.8) is 0 Å². The van der Waals surface area contributed by atoms with E-state index < -0.39 is 0 Å². The fraction of sp³-hybridized carbons (Fsp3) is 0.500. The first-order chi connectivity index (χ1) is 9.58. The molecule has 0 bridgehead atoms. The van der Waals surface area contributed by atoms with Crippen molar-refractivity contribution >= 4 is 50.7 Å². The summed E-state index contributed by atoms with van der Waals surface area (Å²) in [5.74, 6) is 0.634. The number of benzene rings is 1. The summed E-state index contributed by atoms with van der Waals surface area (Å²) in [6.45, 7) is 2.11. The molecule has 1 aromatic rings. The van der Waals surface area contributed by atoms with Crippen molar-refractivity contribution in [2.75, 3.05) is 18.4 Å². The Balaban J connectivity index is 1.86. The van der Waals surface area contributed by atoms with Gasteiger partial charge in [0, 0.05) is 10.9 Å². The van der Waals surface area contributed by atoms with Crippen molar-refractivity contribution < 1.29 is 4.79 Å². The summed E-state index contributed by atoms with van der Waals surface area (Å²) in [5.41, 5.74) is 0.565. The first-order valence-electron chi connectivity index (χ1n) is 6.72. The molecule has 1 aliphatic heterocycles. The van der Waals surface area contributed by atoms with Crippen LogP contribution in [0.3, 0.4) is 0 Å². The van der Waals surface area contributed by atoms with Crippen LogP contribution in [0.5, 0.6) is 0 Å². The lowest BCUT2D eigenvalue weighted by atomic mass is 9.93. The van der Waals surface area contributed by atoms with E-state index in [0.717, 1.165) is 36.8 Å². The molecule has 0 aromatic heterocycles. The molecule has 1 aliphatic rings. The number of rotatable bonds is 4. The molecule has 1 heterocycles. The predicted octanol–water partition coefficient (Wildman–Crippen LogP) is 4.47. The Bertz CT molecular complexity index is 490. The monoisotopic (exact) mass is 378 g/mol. The van der Waals surface area contributed by atoms with Crippen LogP contribution in [0, 0.1) is 5.92 Å². The van der Waals surface area contributed by atoms with Gasteiger partial charge in [0.1, 0.15) is 0 Å². The second-order valence-electron chi connectivity index (χ2n) is 5.00. The second kappa shape index (κ2) is 7.64. The molecule has 0 radical (unpaired) electrons. The summed E-state index contributed by atoms with van der Waals surface area (Å²) < 4.78 is 0.719. The van der Waals surface area contributed by atoms with E-state index >= 15 is 0 Å². The molecule has 20 heavy (non-hydrogen) atoms. The third-order valence-corrected chi connectivity index (χ3v) is 5.32. The maximum Gasteiger partial charge on any atom is 0.224 e. The van der Waals surface area contributed by atoms with Gasteiger partial charge in [0.2, 0.25) is 5.91 Å². The molecule has 0 aliphatic carbocycles. The molecule has 0 atom stereocenters. The minimum Gasteiger partial charge on any atom is -0.325 e. The van der Waals surface area contributed by atoms with Crippen LogP contribution in [0.2, 0.25) is 10.0 Å². The number of halogens is 3. The Hall–Kier alpha value is -0.290. The molecule has 0 saturated carbocycles. The fourth-order valence-electron chi connectivity index (χ4n) is 2.34. The first-order valence-corrected chi connectivity index (χ1v) is 8.27. The Kier molecular flexibility index (Phi) is 6.15. The predicted molar refractivity (Wildman–Crippen MR) is 87.6 cm³/mol. The number of anilines is 1. The summed E-state index contributed by atoms with van der Waals surface area (Å²) >= 11 is 15.4. The molecule has 1 fully saturated rings. The van der Waals surface area contributed by atoms with E-state index in [-0.39, 0.29) is 5.91 Å². The zero-order valence-electron chi connectivity index (χ0n) is 11.0. The van der Waals surface area contributed by atoms with Crippen LogP contribution in [0.15, 0.2) is 16.6 Å². The lowest BCUT2D eigenvalue weighted by Gasteiger charge is -2.22. The summed E-state index contributed by atoms with van der Waals surface area (Å²) in [7, 11) is 0. The van der Waals surface area contributed by atoms with Gasteiger partial charge in [-0.15, -0.1) is 0 Å². The molecule has 0 spiro atoms. The summed E-state index contributed by atoms with van der Waals surface area (Å²) in [4.78, 5) is 12.0. The van der Waals surface area contributed by atoms with E-state index in [4.69, 9.17) is 23.2 Å². The van der Waals surface area contributed by atoms with Gasteiger partial charge in [-0.05, 0) is 66.3 Å². The Morgan fingerprint density at radius 3 is 2.70 bits per heavy atom. The van der Waals surface area contributed by atoms with E-state index in [1.807, 2.05) is 0 Å².